The second kappa shape index (κ2) is 6.74. The van der Waals surface area contributed by atoms with Gasteiger partial charge in [-0.3, -0.25) is 9.69 Å². The smallest absolute Gasteiger partial charge is 0.236 e. The lowest BCUT2D eigenvalue weighted by molar-refractivity contribution is -0.136. The van der Waals surface area contributed by atoms with Crippen molar-refractivity contribution in [1.82, 2.24) is 9.80 Å². The predicted molar refractivity (Wildman–Crippen MR) is 79.0 cm³/mol. The molecule has 0 aromatic rings. The molecule has 3 heteroatoms. The number of likely N-dealkylation sites (tertiary alicyclic amines) is 2. The maximum absolute atomic E-state index is 12.5. The molecule has 2 aliphatic rings. The van der Waals surface area contributed by atoms with Gasteiger partial charge in [0, 0.05) is 19.1 Å². The van der Waals surface area contributed by atoms with Gasteiger partial charge in [0.15, 0.2) is 0 Å². The molecule has 2 rings (SSSR count). The van der Waals surface area contributed by atoms with Crippen molar-refractivity contribution in [2.75, 3.05) is 26.2 Å². The van der Waals surface area contributed by atoms with Crippen molar-refractivity contribution in [3.63, 3.8) is 0 Å². The van der Waals surface area contributed by atoms with Crippen molar-refractivity contribution in [1.29, 1.82) is 0 Å². The Morgan fingerprint density at radius 2 is 1.84 bits per heavy atom. The minimum Gasteiger partial charge on any atom is -0.341 e. The minimum atomic E-state index is 0.360. The quantitative estimate of drug-likeness (QED) is 0.784. The number of amides is 1. The Balaban J connectivity index is 1.88. The summed E-state index contributed by atoms with van der Waals surface area (Å²) in [5.74, 6) is 1.69. The lowest BCUT2D eigenvalue weighted by Crippen LogP contribution is -2.50. The van der Waals surface area contributed by atoms with Gasteiger partial charge in [-0.25, -0.2) is 0 Å². The molecule has 0 bridgehead atoms. The lowest BCUT2D eigenvalue weighted by atomic mass is 9.92. The standard InChI is InChI=1S/C16H30N2O/c1-4-15-7-5-6-8-17(15)12-16(19)18-10-13(2)9-14(3)11-18/h13-15H,4-12H2,1-3H3. The number of hydrogen-bond acceptors (Lipinski definition) is 2. The van der Waals surface area contributed by atoms with E-state index in [0.717, 1.165) is 19.6 Å². The second-order valence-electron chi connectivity index (χ2n) is 6.77. The van der Waals surface area contributed by atoms with Crippen LogP contribution in [0.1, 0.15) is 52.9 Å². The first-order valence-electron chi connectivity index (χ1n) is 8.12. The molecule has 2 fully saturated rings. The topological polar surface area (TPSA) is 23.6 Å². The van der Waals surface area contributed by atoms with Crippen LogP contribution in [0.15, 0.2) is 0 Å². The summed E-state index contributed by atoms with van der Waals surface area (Å²) in [5, 5.41) is 0. The molecule has 0 aliphatic carbocycles. The van der Waals surface area contributed by atoms with E-state index in [4.69, 9.17) is 0 Å². The van der Waals surface area contributed by atoms with E-state index in [2.05, 4.69) is 30.6 Å². The third kappa shape index (κ3) is 3.95. The molecule has 2 aliphatic heterocycles. The van der Waals surface area contributed by atoms with Gasteiger partial charge in [0.05, 0.1) is 6.54 Å². The first kappa shape index (κ1) is 14.8. The van der Waals surface area contributed by atoms with Crippen LogP contribution in [0.2, 0.25) is 0 Å². The maximum atomic E-state index is 12.5. The molecule has 2 saturated heterocycles. The fraction of sp³-hybridized carbons (Fsp3) is 0.938. The molecule has 3 atom stereocenters. The van der Waals surface area contributed by atoms with Crippen LogP contribution in [-0.4, -0.2) is 47.9 Å². The Kier molecular flexibility index (Phi) is 5.26. The van der Waals surface area contributed by atoms with E-state index in [1.54, 1.807) is 0 Å². The molecule has 1 amide bonds. The molecule has 0 N–H and O–H groups in total. The fourth-order valence-corrected chi connectivity index (χ4v) is 3.87. The Labute approximate surface area is 118 Å². The number of nitrogens with zero attached hydrogens (tertiary/aromatic N) is 2. The molecule has 3 nitrogen and oxygen atoms in total. The highest BCUT2D eigenvalue weighted by Crippen LogP contribution is 2.23. The zero-order valence-corrected chi connectivity index (χ0v) is 12.9. The van der Waals surface area contributed by atoms with Crippen LogP contribution < -0.4 is 0 Å². The number of carbonyl (C=O) groups is 1. The van der Waals surface area contributed by atoms with Crippen molar-refractivity contribution in [2.45, 2.75) is 58.9 Å². The van der Waals surface area contributed by atoms with E-state index < -0.39 is 0 Å². The van der Waals surface area contributed by atoms with Crippen LogP contribution in [-0.2, 0) is 4.79 Å². The third-order valence-corrected chi connectivity index (χ3v) is 4.78. The van der Waals surface area contributed by atoms with E-state index in [1.165, 1.54) is 32.1 Å². The maximum Gasteiger partial charge on any atom is 0.236 e. The lowest BCUT2D eigenvalue weighted by Gasteiger charge is -2.39. The SMILES string of the molecule is CCC1CCCCN1CC(=O)N1CC(C)CC(C)C1. The Bertz CT molecular complexity index is 295. The van der Waals surface area contributed by atoms with Crippen LogP contribution >= 0.6 is 0 Å². The van der Waals surface area contributed by atoms with Crippen molar-refractivity contribution in [3.05, 3.63) is 0 Å². The number of piperidine rings is 2. The summed E-state index contributed by atoms with van der Waals surface area (Å²) < 4.78 is 0. The Morgan fingerprint density at radius 1 is 1.16 bits per heavy atom. The van der Waals surface area contributed by atoms with Gasteiger partial charge >= 0.3 is 0 Å². The summed E-state index contributed by atoms with van der Waals surface area (Å²) in [6.07, 6.45) is 6.32. The summed E-state index contributed by atoms with van der Waals surface area (Å²) in [5.41, 5.74) is 0. The normalized spacial score (nSPS) is 33.4. The average molecular weight is 266 g/mol. The van der Waals surface area contributed by atoms with Gasteiger partial charge < -0.3 is 4.90 Å². The van der Waals surface area contributed by atoms with Crippen molar-refractivity contribution in [2.24, 2.45) is 11.8 Å². The Hall–Kier alpha value is -0.570. The summed E-state index contributed by atoms with van der Waals surface area (Å²) in [6, 6.07) is 0.636. The molecule has 0 saturated carbocycles. The molecular weight excluding hydrogens is 236 g/mol. The van der Waals surface area contributed by atoms with Crippen molar-refractivity contribution in [3.8, 4) is 0 Å². The van der Waals surface area contributed by atoms with E-state index in [-0.39, 0.29) is 0 Å². The summed E-state index contributed by atoms with van der Waals surface area (Å²) in [7, 11) is 0. The molecule has 110 valence electrons. The van der Waals surface area contributed by atoms with E-state index in [9.17, 15) is 4.79 Å². The van der Waals surface area contributed by atoms with E-state index in [0.29, 0.717) is 30.3 Å². The molecule has 0 aromatic carbocycles. The first-order valence-corrected chi connectivity index (χ1v) is 8.12. The van der Waals surface area contributed by atoms with Crippen LogP contribution in [0.4, 0.5) is 0 Å². The highest BCUT2D eigenvalue weighted by atomic mass is 16.2. The second-order valence-corrected chi connectivity index (χ2v) is 6.77. The molecular formula is C16H30N2O. The van der Waals surface area contributed by atoms with Crippen molar-refractivity contribution < 1.29 is 4.79 Å². The minimum absolute atomic E-state index is 0.360. The molecule has 0 spiro atoms. The zero-order valence-electron chi connectivity index (χ0n) is 12.9. The van der Waals surface area contributed by atoms with Crippen LogP contribution in [0.3, 0.4) is 0 Å². The van der Waals surface area contributed by atoms with Gasteiger partial charge in [-0.1, -0.05) is 27.2 Å². The third-order valence-electron chi connectivity index (χ3n) is 4.78. The van der Waals surface area contributed by atoms with Crippen LogP contribution in [0, 0.1) is 11.8 Å². The predicted octanol–water partition coefficient (Wildman–Crippen LogP) is 2.76. The van der Waals surface area contributed by atoms with Gasteiger partial charge in [0.1, 0.15) is 0 Å². The van der Waals surface area contributed by atoms with Crippen molar-refractivity contribution >= 4 is 5.91 Å². The van der Waals surface area contributed by atoms with E-state index >= 15 is 0 Å². The summed E-state index contributed by atoms with van der Waals surface area (Å²) in [4.78, 5) is 17.0. The number of rotatable bonds is 3. The van der Waals surface area contributed by atoms with Gasteiger partial charge in [0.2, 0.25) is 5.91 Å². The van der Waals surface area contributed by atoms with Crippen LogP contribution in [0.5, 0.6) is 0 Å². The Morgan fingerprint density at radius 3 is 2.47 bits per heavy atom. The molecule has 0 radical (unpaired) electrons. The number of carbonyl (C=O) groups excluding carboxylic acids is 1. The van der Waals surface area contributed by atoms with Gasteiger partial charge in [0.25, 0.3) is 0 Å². The zero-order chi connectivity index (χ0) is 13.8. The molecule has 19 heavy (non-hydrogen) atoms. The first-order chi connectivity index (χ1) is 9.10. The molecule has 2 heterocycles. The van der Waals surface area contributed by atoms with Gasteiger partial charge in [-0.05, 0) is 44.1 Å². The van der Waals surface area contributed by atoms with Gasteiger partial charge in [-0.2, -0.15) is 0 Å². The summed E-state index contributed by atoms with van der Waals surface area (Å²) >= 11 is 0. The monoisotopic (exact) mass is 266 g/mol. The molecule has 0 aromatic heterocycles. The van der Waals surface area contributed by atoms with E-state index in [1.807, 2.05) is 0 Å². The van der Waals surface area contributed by atoms with Crippen LogP contribution in [0.25, 0.3) is 0 Å². The average Bonchev–Trinajstić information content (AvgIpc) is 2.38. The number of hydrogen-bond donors (Lipinski definition) is 0. The molecule has 3 unspecified atom stereocenters. The largest absolute Gasteiger partial charge is 0.341 e. The summed E-state index contributed by atoms with van der Waals surface area (Å²) in [6.45, 7) is 10.5. The highest BCUT2D eigenvalue weighted by Gasteiger charge is 2.28. The van der Waals surface area contributed by atoms with Gasteiger partial charge in [-0.15, -0.1) is 0 Å². The highest BCUT2D eigenvalue weighted by molar-refractivity contribution is 5.78. The fourth-order valence-electron chi connectivity index (χ4n) is 3.87.